The Morgan fingerprint density at radius 1 is 0.688 bits per heavy atom. The highest BCUT2D eigenvalue weighted by Gasteiger charge is 2.12. The molecule has 0 bridgehead atoms. The summed E-state index contributed by atoms with van der Waals surface area (Å²) in [4.78, 5) is 0. The third-order valence-electron chi connectivity index (χ3n) is 2.25. The van der Waals surface area contributed by atoms with Crippen LogP contribution < -0.4 is 0 Å². The molecule has 0 atom stereocenters. The van der Waals surface area contributed by atoms with Gasteiger partial charge in [-0.05, 0) is 12.1 Å². The van der Waals surface area contributed by atoms with E-state index in [4.69, 9.17) is 23.2 Å². The van der Waals surface area contributed by atoms with Crippen LogP contribution in [0, 0.1) is 0 Å². The van der Waals surface area contributed by atoms with Crippen LogP contribution in [0.5, 0.6) is 11.5 Å². The molecule has 16 heavy (non-hydrogen) atoms. The van der Waals surface area contributed by atoms with E-state index in [2.05, 4.69) is 0 Å². The van der Waals surface area contributed by atoms with E-state index < -0.39 is 0 Å². The lowest BCUT2D eigenvalue weighted by Gasteiger charge is -2.08. The molecule has 0 saturated heterocycles. The Hall–Kier alpha value is -1.38. The Morgan fingerprint density at radius 3 is 1.44 bits per heavy atom. The van der Waals surface area contributed by atoms with Gasteiger partial charge in [0.2, 0.25) is 0 Å². The van der Waals surface area contributed by atoms with Crippen molar-refractivity contribution in [2.75, 3.05) is 0 Å². The van der Waals surface area contributed by atoms with E-state index in [0.717, 1.165) is 0 Å². The Kier molecular flexibility index (Phi) is 2.95. The van der Waals surface area contributed by atoms with Gasteiger partial charge in [-0.15, -0.1) is 0 Å². The lowest BCUT2D eigenvalue weighted by molar-refractivity contribution is 0.474. The van der Waals surface area contributed by atoms with E-state index in [1.54, 1.807) is 24.3 Å². The van der Waals surface area contributed by atoms with E-state index >= 15 is 0 Å². The summed E-state index contributed by atoms with van der Waals surface area (Å²) in [5.41, 5.74) is 1.17. The molecule has 0 heterocycles. The van der Waals surface area contributed by atoms with Crippen molar-refractivity contribution < 1.29 is 10.2 Å². The van der Waals surface area contributed by atoms with Crippen molar-refractivity contribution in [2.45, 2.75) is 0 Å². The maximum Gasteiger partial charge on any atom is 0.134 e. The number of benzene rings is 2. The quantitative estimate of drug-likeness (QED) is 0.806. The SMILES string of the molecule is Oc1cccc(-c2cccc(O)c2Cl)c1Cl. The van der Waals surface area contributed by atoms with E-state index in [0.29, 0.717) is 11.1 Å². The summed E-state index contributed by atoms with van der Waals surface area (Å²) in [7, 11) is 0. The molecule has 0 aliphatic heterocycles. The summed E-state index contributed by atoms with van der Waals surface area (Å²) >= 11 is 11.9. The molecule has 2 rings (SSSR count). The summed E-state index contributed by atoms with van der Waals surface area (Å²) in [6.07, 6.45) is 0. The Labute approximate surface area is 103 Å². The van der Waals surface area contributed by atoms with Crippen LogP contribution in [-0.2, 0) is 0 Å². The molecule has 0 spiro atoms. The zero-order valence-corrected chi connectivity index (χ0v) is 9.63. The summed E-state index contributed by atoms with van der Waals surface area (Å²) in [6.45, 7) is 0. The predicted molar refractivity (Wildman–Crippen MR) is 65.2 cm³/mol. The van der Waals surface area contributed by atoms with Gasteiger partial charge in [-0.2, -0.15) is 0 Å². The molecule has 0 amide bonds. The summed E-state index contributed by atoms with van der Waals surface area (Å²) in [5.74, 6) is -0.0304. The van der Waals surface area contributed by atoms with Crippen molar-refractivity contribution in [3.63, 3.8) is 0 Å². The number of halogens is 2. The Morgan fingerprint density at radius 2 is 1.06 bits per heavy atom. The smallest absolute Gasteiger partial charge is 0.134 e. The van der Waals surface area contributed by atoms with Crippen LogP contribution in [0.1, 0.15) is 0 Å². The number of hydrogen-bond donors (Lipinski definition) is 2. The molecule has 2 aromatic rings. The van der Waals surface area contributed by atoms with Crippen molar-refractivity contribution in [1.29, 1.82) is 0 Å². The van der Waals surface area contributed by atoms with Crippen LogP contribution in [0.15, 0.2) is 36.4 Å². The van der Waals surface area contributed by atoms with E-state index in [-0.39, 0.29) is 21.5 Å². The van der Waals surface area contributed by atoms with E-state index in [9.17, 15) is 10.2 Å². The summed E-state index contributed by atoms with van der Waals surface area (Å²) in [6, 6.07) is 9.75. The minimum absolute atomic E-state index is 0.0152. The molecule has 0 aliphatic carbocycles. The Balaban J connectivity index is 2.68. The first-order valence-corrected chi connectivity index (χ1v) is 5.32. The highest BCUT2D eigenvalue weighted by Crippen LogP contribution is 2.40. The van der Waals surface area contributed by atoms with Gasteiger partial charge in [0.25, 0.3) is 0 Å². The summed E-state index contributed by atoms with van der Waals surface area (Å²) in [5, 5.41) is 19.4. The van der Waals surface area contributed by atoms with Gasteiger partial charge in [0.05, 0.1) is 10.0 Å². The van der Waals surface area contributed by atoms with Gasteiger partial charge >= 0.3 is 0 Å². The van der Waals surface area contributed by atoms with Crippen LogP contribution in [-0.4, -0.2) is 10.2 Å². The van der Waals surface area contributed by atoms with Crippen LogP contribution in [0.3, 0.4) is 0 Å². The van der Waals surface area contributed by atoms with Crippen molar-refractivity contribution in [3.8, 4) is 22.6 Å². The van der Waals surface area contributed by atoms with Crippen molar-refractivity contribution in [2.24, 2.45) is 0 Å². The largest absolute Gasteiger partial charge is 0.506 e. The Bertz CT molecular complexity index is 489. The highest BCUT2D eigenvalue weighted by molar-refractivity contribution is 6.38. The third-order valence-corrected chi connectivity index (χ3v) is 3.04. The zero-order chi connectivity index (χ0) is 11.7. The average molecular weight is 255 g/mol. The minimum atomic E-state index is -0.0152. The van der Waals surface area contributed by atoms with Gasteiger partial charge in [-0.3, -0.25) is 0 Å². The van der Waals surface area contributed by atoms with Crippen LogP contribution in [0.4, 0.5) is 0 Å². The molecule has 2 N–H and O–H groups in total. The molecule has 0 radical (unpaired) electrons. The molecule has 0 aliphatic rings. The number of phenols is 2. The van der Waals surface area contributed by atoms with Gasteiger partial charge in [-0.25, -0.2) is 0 Å². The van der Waals surface area contributed by atoms with E-state index in [1.165, 1.54) is 12.1 Å². The number of rotatable bonds is 1. The lowest BCUT2D eigenvalue weighted by atomic mass is 10.0. The first kappa shape index (κ1) is 11.1. The second-order valence-electron chi connectivity index (χ2n) is 3.28. The highest BCUT2D eigenvalue weighted by atomic mass is 35.5. The van der Waals surface area contributed by atoms with Crippen molar-refractivity contribution in [3.05, 3.63) is 46.4 Å². The first-order valence-electron chi connectivity index (χ1n) is 4.56. The molecule has 2 nitrogen and oxygen atoms in total. The second-order valence-corrected chi connectivity index (χ2v) is 4.03. The predicted octanol–water partition coefficient (Wildman–Crippen LogP) is 4.07. The van der Waals surface area contributed by atoms with Gasteiger partial charge in [0, 0.05) is 11.1 Å². The average Bonchev–Trinajstić information content (AvgIpc) is 2.27. The van der Waals surface area contributed by atoms with Gasteiger partial charge < -0.3 is 10.2 Å². The van der Waals surface area contributed by atoms with Crippen LogP contribution in [0.2, 0.25) is 10.0 Å². The first-order chi connectivity index (χ1) is 7.61. The fourth-order valence-electron chi connectivity index (χ4n) is 1.46. The minimum Gasteiger partial charge on any atom is -0.506 e. The normalized spacial score (nSPS) is 10.4. The number of hydrogen-bond acceptors (Lipinski definition) is 2. The van der Waals surface area contributed by atoms with Gasteiger partial charge in [-0.1, -0.05) is 47.5 Å². The van der Waals surface area contributed by atoms with Crippen molar-refractivity contribution in [1.82, 2.24) is 0 Å². The van der Waals surface area contributed by atoms with E-state index in [1.807, 2.05) is 0 Å². The molecule has 4 heteroatoms. The third kappa shape index (κ3) is 1.82. The molecular formula is C12H8Cl2O2. The monoisotopic (exact) mass is 254 g/mol. The maximum atomic E-state index is 9.48. The molecule has 0 saturated carbocycles. The molecule has 0 fully saturated rings. The van der Waals surface area contributed by atoms with Crippen LogP contribution in [0.25, 0.3) is 11.1 Å². The summed E-state index contributed by atoms with van der Waals surface area (Å²) < 4.78 is 0. The lowest BCUT2D eigenvalue weighted by Crippen LogP contribution is -1.82. The standard InChI is InChI=1S/C12H8Cl2O2/c13-11-7(3-1-5-9(11)15)8-4-2-6-10(16)12(8)14/h1-6,15-16H. The zero-order valence-electron chi connectivity index (χ0n) is 8.11. The van der Waals surface area contributed by atoms with Gasteiger partial charge in [0.15, 0.2) is 0 Å². The fraction of sp³-hybridized carbons (Fsp3) is 0. The second kappa shape index (κ2) is 4.24. The molecule has 82 valence electrons. The molecule has 0 aromatic heterocycles. The molecular weight excluding hydrogens is 247 g/mol. The maximum absolute atomic E-state index is 9.48. The number of phenolic OH excluding ortho intramolecular Hbond substituents is 2. The van der Waals surface area contributed by atoms with Crippen molar-refractivity contribution >= 4 is 23.2 Å². The topological polar surface area (TPSA) is 40.5 Å². The molecule has 0 unspecified atom stereocenters. The number of aromatic hydroxyl groups is 2. The molecule has 2 aromatic carbocycles. The fourth-order valence-corrected chi connectivity index (χ4v) is 1.91. The van der Waals surface area contributed by atoms with Gasteiger partial charge in [0.1, 0.15) is 11.5 Å². The van der Waals surface area contributed by atoms with Crippen LogP contribution >= 0.6 is 23.2 Å².